The van der Waals surface area contributed by atoms with Gasteiger partial charge in [0, 0.05) is 47.9 Å². The summed E-state index contributed by atoms with van der Waals surface area (Å²) in [6, 6.07) is 15.5. The van der Waals surface area contributed by atoms with Gasteiger partial charge in [0.05, 0.1) is 13.2 Å². The molecule has 0 bridgehead atoms. The van der Waals surface area contributed by atoms with Crippen LogP contribution in [-0.4, -0.2) is 61.3 Å². The maximum atomic E-state index is 13.4. The summed E-state index contributed by atoms with van der Waals surface area (Å²) in [6.45, 7) is 13.3. The van der Waals surface area contributed by atoms with E-state index in [9.17, 15) is 4.79 Å². The molecule has 37 heavy (non-hydrogen) atoms. The monoisotopic (exact) mass is 522 g/mol. The first-order chi connectivity index (χ1) is 17.9. The number of hydrazine groups is 1. The summed E-state index contributed by atoms with van der Waals surface area (Å²) in [4.78, 5) is 15.9. The van der Waals surface area contributed by atoms with Gasteiger partial charge in [-0.3, -0.25) is 14.7 Å². The van der Waals surface area contributed by atoms with Gasteiger partial charge in [-0.15, -0.1) is 0 Å². The third kappa shape index (κ3) is 7.45. The van der Waals surface area contributed by atoms with Crippen molar-refractivity contribution in [1.82, 2.24) is 15.2 Å². The highest BCUT2D eigenvalue weighted by molar-refractivity contribution is 6.30. The van der Waals surface area contributed by atoms with Crippen LogP contribution in [0.5, 0.6) is 0 Å². The number of ether oxygens (including phenoxy) is 1. The second-order valence-corrected chi connectivity index (χ2v) is 10.5. The maximum absolute atomic E-state index is 13.4. The summed E-state index contributed by atoms with van der Waals surface area (Å²) in [5.41, 5.74) is 4.45. The van der Waals surface area contributed by atoms with Crippen LogP contribution in [-0.2, 0) is 11.2 Å². The average Bonchev–Trinajstić information content (AvgIpc) is 3.36. The number of nitrogens with zero attached hydrogens (tertiary/aromatic N) is 2. The Morgan fingerprint density at radius 3 is 2.59 bits per heavy atom. The molecule has 2 aromatic carbocycles. The van der Waals surface area contributed by atoms with Crippen molar-refractivity contribution in [3.05, 3.63) is 89.1 Å². The van der Waals surface area contributed by atoms with Crippen LogP contribution in [0.2, 0.25) is 5.02 Å². The number of nitrogens with two attached hydrogens (primary N) is 1. The Labute approximate surface area is 226 Å². The molecule has 2 heterocycles. The lowest BCUT2D eigenvalue weighted by atomic mass is 9.95. The predicted molar refractivity (Wildman–Crippen MR) is 151 cm³/mol. The van der Waals surface area contributed by atoms with Gasteiger partial charge in [-0.25, -0.2) is 5.84 Å². The van der Waals surface area contributed by atoms with E-state index in [1.54, 1.807) is 0 Å². The maximum Gasteiger partial charge on any atom is 0.268 e. The van der Waals surface area contributed by atoms with Crippen molar-refractivity contribution >= 4 is 23.1 Å². The Bertz CT molecular complexity index is 1080. The number of hydrogen-bond acceptors (Lipinski definition) is 5. The number of rotatable bonds is 11. The van der Waals surface area contributed by atoms with Gasteiger partial charge in [0.1, 0.15) is 0 Å². The van der Waals surface area contributed by atoms with Crippen molar-refractivity contribution in [3.63, 3.8) is 0 Å². The van der Waals surface area contributed by atoms with E-state index in [1.165, 1.54) is 5.01 Å². The number of allylic oxidation sites excluding steroid dienone is 1. The molecule has 0 aliphatic carbocycles. The Kier molecular flexibility index (Phi) is 9.81. The zero-order valence-corrected chi connectivity index (χ0v) is 22.4. The Morgan fingerprint density at radius 2 is 1.86 bits per heavy atom. The Hall–Kier alpha value is -2.64. The highest BCUT2D eigenvalue weighted by atomic mass is 35.5. The van der Waals surface area contributed by atoms with Gasteiger partial charge in [0.25, 0.3) is 5.91 Å². The zero-order valence-electron chi connectivity index (χ0n) is 21.6. The largest absolute Gasteiger partial charge is 0.387 e. The first kappa shape index (κ1) is 27.4. The molecule has 3 N–H and O–H groups in total. The van der Waals surface area contributed by atoms with Crippen LogP contribution >= 0.6 is 11.6 Å². The average molecular weight is 523 g/mol. The topological polar surface area (TPSA) is 70.8 Å². The van der Waals surface area contributed by atoms with E-state index in [2.05, 4.69) is 23.4 Å². The van der Waals surface area contributed by atoms with Crippen molar-refractivity contribution in [2.45, 2.75) is 38.1 Å². The van der Waals surface area contributed by atoms with Crippen LogP contribution in [0.3, 0.4) is 0 Å². The quantitative estimate of drug-likeness (QED) is 0.249. The smallest absolute Gasteiger partial charge is 0.268 e. The minimum absolute atomic E-state index is 0.177. The van der Waals surface area contributed by atoms with Crippen molar-refractivity contribution < 1.29 is 9.53 Å². The molecule has 2 fully saturated rings. The number of carbonyl (C=O) groups excluding carboxylic acids is 1. The van der Waals surface area contributed by atoms with Gasteiger partial charge >= 0.3 is 0 Å². The van der Waals surface area contributed by atoms with Gasteiger partial charge in [-0.05, 0) is 73.5 Å². The molecular formula is C30H39ClN4O2. The van der Waals surface area contributed by atoms with Crippen molar-refractivity contribution in [3.8, 4) is 0 Å². The molecule has 1 amide bonds. The van der Waals surface area contributed by atoms with Gasteiger partial charge in [-0.2, -0.15) is 0 Å². The molecule has 198 valence electrons. The van der Waals surface area contributed by atoms with E-state index in [1.807, 2.05) is 48.5 Å². The molecule has 0 saturated carbocycles. The van der Waals surface area contributed by atoms with E-state index >= 15 is 0 Å². The molecule has 0 spiro atoms. The van der Waals surface area contributed by atoms with E-state index in [4.69, 9.17) is 22.2 Å². The molecule has 2 aliphatic rings. The predicted octanol–water partition coefficient (Wildman–Crippen LogP) is 4.91. The normalized spacial score (nSPS) is 19.9. The number of carbonyl (C=O) groups is 1. The summed E-state index contributed by atoms with van der Waals surface area (Å²) < 4.78 is 5.59. The fourth-order valence-electron chi connectivity index (χ4n) is 5.30. The van der Waals surface area contributed by atoms with Crippen LogP contribution in [0.1, 0.15) is 47.2 Å². The highest BCUT2D eigenvalue weighted by Crippen LogP contribution is 2.25. The fraction of sp³-hybridized carbons (Fsp3) is 0.433. The molecule has 2 unspecified atom stereocenters. The molecule has 4 rings (SSSR count). The van der Waals surface area contributed by atoms with E-state index in [0.717, 1.165) is 80.9 Å². The van der Waals surface area contributed by atoms with Gasteiger partial charge < -0.3 is 10.1 Å². The van der Waals surface area contributed by atoms with Crippen LogP contribution in [0.4, 0.5) is 0 Å². The number of amides is 1. The number of hydrogen-bond donors (Lipinski definition) is 2. The van der Waals surface area contributed by atoms with Gasteiger partial charge in [0.15, 0.2) is 0 Å². The molecule has 6 nitrogen and oxygen atoms in total. The zero-order chi connectivity index (χ0) is 26.2. The molecular weight excluding hydrogens is 484 g/mol. The lowest BCUT2D eigenvalue weighted by Crippen LogP contribution is -2.48. The SMILES string of the molecule is C=C(Cc1ccc(Cl)cc1)c1ccccc1C(=O)N(N)CC1CCCN1CCNC(=C)C1CCCOC1. The van der Waals surface area contributed by atoms with Crippen molar-refractivity contribution in [2.24, 2.45) is 11.8 Å². The highest BCUT2D eigenvalue weighted by Gasteiger charge is 2.28. The van der Waals surface area contributed by atoms with Crippen molar-refractivity contribution in [2.75, 3.05) is 39.4 Å². The molecule has 2 saturated heterocycles. The second-order valence-electron chi connectivity index (χ2n) is 10.1. The summed E-state index contributed by atoms with van der Waals surface area (Å²) in [5.74, 6) is 6.59. The van der Waals surface area contributed by atoms with Gasteiger partial charge in [0.2, 0.25) is 0 Å². The number of benzene rings is 2. The molecule has 2 aliphatic heterocycles. The van der Waals surface area contributed by atoms with Crippen LogP contribution in [0, 0.1) is 5.92 Å². The summed E-state index contributed by atoms with van der Waals surface area (Å²) in [5, 5.41) is 5.58. The standard InChI is InChI=1S/C30H39ClN4O2/c1-22(19-24-11-13-26(31)14-12-24)28-9-3-4-10-29(28)30(36)35(32)20-27-8-5-16-34(27)17-15-33-23(2)25-7-6-18-37-21-25/h3-4,9-14,25,27,33H,1-2,5-8,15-21,32H2. The third-order valence-electron chi connectivity index (χ3n) is 7.44. The van der Waals surface area contributed by atoms with Gasteiger partial charge in [-0.1, -0.05) is 55.1 Å². The second kappa shape index (κ2) is 13.2. The first-order valence-corrected chi connectivity index (χ1v) is 13.6. The van der Waals surface area contributed by atoms with Crippen LogP contribution in [0.25, 0.3) is 5.57 Å². The molecule has 0 aromatic heterocycles. The molecule has 2 aromatic rings. The minimum Gasteiger partial charge on any atom is -0.387 e. The minimum atomic E-state index is -0.177. The van der Waals surface area contributed by atoms with Crippen molar-refractivity contribution in [1.29, 1.82) is 0 Å². The fourth-order valence-corrected chi connectivity index (χ4v) is 5.43. The summed E-state index contributed by atoms with van der Waals surface area (Å²) >= 11 is 6.02. The third-order valence-corrected chi connectivity index (χ3v) is 7.69. The van der Waals surface area contributed by atoms with E-state index < -0.39 is 0 Å². The van der Waals surface area contributed by atoms with E-state index in [-0.39, 0.29) is 11.9 Å². The molecule has 2 atom stereocenters. The first-order valence-electron chi connectivity index (χ1n) is 13.2. The number of nitrogens with one attached hydrogen (secondary N) is 1. The molecule has 0 radical (unpaired) electrons. The number of halogens is 1. The van der Waals surface area contributed by atoms with Crippen LogP contribution < -0.4 is 11.2 Å². The summed E-state index contributed by atoms with van der Waals surface area (Å²) in [7, 11) is 0. The molecule has 7 heteroatoms. The summed E-state index contributed by atoms with van der Waals surface area (Å²) in [6.07, 6.45) is 5.00. The Balaban J connectivity index is 1.32. The number of likely N-dealkylation sites (tertiary alicyclic amines) is 1. The Morgan fingerprint density at radius 1 is 1.11 bits per heavy atom. The lowest BCUT2D eigenvalue weighted by molar-refractivity contribution is 0.0649. The van der Waals surface area contributed by atoms with Crippen LogP contribution in [0.15, 0.2) is 67.4 Å². The lowest BCUT2D eigenvalue weighted by Gasteiger charge is -2.30. The van der Waals surface area contributed by atoms with E-state index in [0.29, 0.717) is 29.5 Å².